The maximum atomic E-state index is 12.6. The van der Waals surface area contributed by atoms with E-state index in [-0.39, 0.29) is 11.9 Å². The molecular formula is C17H17N3O3. The number of anilines is 1. The zero-order chi connectivity index (χ0) is 16.0. The number of nitrogens with one attached hydrogen (secondary N) is 2. The highest BCUT2D eigenvalue weighted by molar-refractivity contribution is 6.05. The SMILES string of the molecule is CCOC(=O)c1cc2c([nH]1)CCC1(C2)C(=O)Nc2ncccc21. The van der Waals surface area contributed by atoms with E-state index in [1.807, 2.05) is 18.2 Å². The molecule has 0 bridgehead atoms. The van der Waals surface area contributed by atoms with Gasteiger partial charge in [-0.2, -0.15) is 0 Å². The van der Waals surface area contributed by atoms with Crippen LogP contribution < -0.4 is 5.32 Å². The molecule has 2 aromatic heterocycles. The van der Waals surface area contributed by atoms with Crippen molar-refractivity contribution in [2.45, 2.75) is 31.6 Å². The van der Waals surface area contributed by atoms with Gasteiger partial charge in [-0.1, -0.05) is 6.07 Å². The molecule has 0 saturated heterocycles. The van der Waals surface area contributed by atoms with E-state index in [2.05, 4.69) is 15.3 Å². The zero-order valence-corrected chi connectivity index (χ0v) is 12.8. The number of carbonyl (C=O) groups excluding carboxylic acids is 2. The van der Waals surface area contributed by atoms with Crippen molar-refractivity contribution in [1.82, 2.24) is 9.97 Å². The molecule has 1 unspecified atom stereocenters. The molecule has 118 valence electrons. The number of ether oxygens (including phenoxy) is 1. The van der Waals surface area contributed by atoms with Crippen LogP contribution in [0.15, 0.2) is 24.4 Å². The van der Waals surface area contributed by atoms with Gasteiger partial charge in [-0.3, -0.25) is 4.79 Å². The monoisotopic (exact) mass is 311 g/mol. The van der Waals surface area contributed by atoms with Gasteiger partial charge in [0.05, 0.1) is 12.0 Å². The van der Waals surface area contributed by atoms with Crippen molar-refractivity contribution < 1.29 is 14.3 Å². The molecule has 0 fully saturated rings. The third-order valence-corrected chi connectivity index (χ3v) is 4.77. The fourth-order valence-corrected chi connectivity index (χ4v) is 3.66. The lowest BCUT2D eigenvalue weighted by atomic mass is 9.70. The number of aryl methyl sites for hydroxylation is 1. The van der Waals surface area contributed by atoms with E-state index in [9.17, 15) is 9.59 Å². The van der Waals surface area contributed by atoms with Gasteiger partial charge >= 0.3 is 5.97 Å². The smallest absolute Gasteiger partial charge is 0.354 e. The van der Waals surface area contributed by atoms with Crippen LogP contribution in [0.3, 0.4) is 0 Å². The van der Waals surface area contributed by atoms with Crippen molar-refractivity contribution in [3.8, 4) is 0 Å². The van der Waals surface area contributed by atoms with Crippen molar-refractivity contribution >= 4 is 17.7 Å². The summed E-state index contributed by atoms with van der Waals surface area (Å²) in [5.41, 5.74) is 2.85. The summed E-state index contributed by atoms with van der Waals surface area (Å²) in [6.45, 7) is 2.12. The number of pyridine rings is 1. The normalized spacial score (nSPS) is 21.7. The molecule has 1 aliphatic heterocycles. The summed E-state index contributed by atoms with van der Waals surface area (Å²) >= 11 is 0. The Morgan fingerprint density at radius 2 is 2.35 bits per heavy atom. The van der Waals surface area contributed by atoms with E-state index in [1.54, 1.807) is 13.1 Å². The molecule has 0 aromatic carbocycles. The average molecular weight is 311 g/mol. The first kappa shape index (κ1) is 14.0. The molecule has 2 N–H and O–H groups in total. The Morgan fingerprint density at radius 1 is 1.48 bits per heavy atom. The highest BCUT2D eigenvalue weighted by Crippen LogP contribution is 2.45. The summed E-state index contributed by atoms with van der Waals surface area (Å²) in [4.78, 5) is 31.9. The van der Waals surface area contributed by atoms with Crippen LogP contribution in [0, 0.1) is 0 Å². The van der Waals surface area contributed by atoms with Crippen LogP contribution in [0.4, 0.5) is 5.82 Å². The maximum absolute atomic E-state index is 12.6. The number of nitrogens with zero attached hydrogens (tertiary/aromatic N) is 1. The first-order valence-electron chi connectivity index (χ1n) is 7.79. The predicted molar refractivity (Wildman–Crippen MR) is 83.3 cm³/mol. The first-order valence-corrected chi connectivity index (χ1v) is 7.79. The van der Waals surface area contributed by atoms with Gasteiger partial charge in [0.25, 0.3) is 0 Å². The van der Waals surface area contributed by atoms with Crippen LogP contribution >= 0.6 is 0 Å². The minimum absolute atomic E-state index is 0.00395. The molecule has 4 rings (SSSR count). The van der Waals surface area contributed by atoms with Gasteiger partial charge in [-0.25, -0.2) is 9.78 Å². The topological polar surface area (TPSA) is 84.1 Å². The van der Waals surface area contributed by atoms with Crippen LogP contribution in [-0.2, 0) is 27.8 Å². The summed E-state index contributed by atoms with van der Waals surface area (Å²) in [6, 6.07) is 5.64. The Balaban J connectivity index is 1.72. The van der Waals surface area contributed by atoms with Crippen LogP contribution in [-0.4, -0.2) is 28.5 Å². The molecule has 2 aliphatic rings. The van der Waals surface area contributed by atoms with Gasteiger partial charge < -0.3 is 15.0 Å². The van der Waals surface area contributed by atoms with Gasteiger partial charge in [0.2, 0.25) is 5.91 Å². The number of aromatic amines is 1. The first-order chi connectivity index (χ1) is 11.1. The van der Waals surface area contributed by atoms with Crippen molar-refractivity contribution in [3.63, 3.8) is 0 Å². The summed E-state index contributed by atoms with van der Waals surface area (Å²) in [6.07, 6.45) is 3.67. The molecular weight excluding hydrogens is 294 g/mol. The molecule has 0 saturated carbocycles. The van der Waals surface area contributed by atoms with Crippen molar-refractivity contribution in [2.24, 2.45) is 0 Å². The van der Waals surface area contributed by atoms with Crippen molar-refractivity contribution in [2.75, 3.05) is 11.9 Å². The Kier molecular flexibility index (Phi) is 3.01. The highest BCUT2D eigenvalue weighted by atomic mass is 16.5. The van der Waals surface area contributed by atoms with Crippen molar-refractivity contribution in [3.05, 3.63) is 46.9 Å². The Hall–Kier alpha value is -2.63. The predicted octanol–water partition coefficient (Wildman–Crippen LogP) is 1.97. The zero-order valence-electron chi connectivity index (χ0n) is 12.8. The van der Waals surface area contributed by atoms with Gasteiger partial charge in [-0.05, 0) is 43.9 Å². The Morgan fingerprint density at radius 3 is 3.17 bits per heavy atom. The summed E-state index contributed by atoms with van der Waals surface area (Å²) < 4.78 is 5.04. The lowest BCUT2D eigenvalue weighted by molar-refractivity contribution is -0.121. The van der Waals surface area contributed by atoms with E-state index < -0.39 is 5.41 Å². The number of hydrogen-bond donors (Lipinski definition) is 2. The molecule has 1 aliphatic carbocycles. The van der Waals surface area contributed by atoms with Gasteiger partial charge in [0.1, 0.15) is 11.5 Å². The molecule has 0 radical (unpaired) electrons. The molecule has 1 atom stereocenters. The second-order valence-corrected chi connectivity index (χ2v) is 6.02. The standard InChI is InChI=1S/C17H17N3O3/c1-2-23-15(21)13-8-10-9-17(6-5-12(10)19-13)11-4-3-7-18-14(11)20-16(17)22/h3-4,7-8,19H,2,5-6,9H2,1H3,(H,18,20,22). The van der Waals surface area contributed by atoms with Crippen molar-refractivity contribution in [1.29, 1.82) is 0 Å². The number of aromatic nitrogens is 2. The fraction of sp³-hybridized carbons (Fsp3) is 0.353. The maximum Gasteiger partial charge on any atom is 0.354 e. The lowest BCUT2D eigenvalue weighted by Crippen LogP contribution is -2.39. The second-order valence-electron chi connectivity index (χ2n) is 6.02. The van der Waals surface area contributed by atoms with Crippen LogP contribution in [0.1, 0.15) is 40.7 Å². The number of amides is 1. The number of fused-ring (bicyclic) bond motifs is 3. The molecule has 2 aromatic rings. The summed E-state index contributed by atoms with van der Waals surface area (Å²) in [7, 11) is 0. The van der Waals surface area contributed by atoms with Crippen LogP contribution in [0.2, 0.25) is 0 Å². The van der Waals surface area contributed by atoms with E-state index in [0.29, 0.717) is 31.0 Å². The Bertz CT molecular complexity index is 811. The van der Waals surface area contributed by atoms with E-state index in [4.69, 9.17) is 4.74 Å². The van der Waals surface area contributed by atoms with Gasteiger partial charge in [-0.15, -0.1) is 0 Å². The quantitative estimate of drug-likeness (QED) is 0.831. The third-order valence-electron chi connectivity index (χ3n) is 4.77. The second kappa shape index (κ2) is 4.94. The average Bonchev–Trinajstić information content (AvgIpc) is 3.08. The molecule has 23 heavy (non-hydrogen) atoms. The minimum Gasteiger partial charge on any atom is -0.461 e. The summed E-state index contributed by atoms with van der Waals surface area (Å²) in [5.74, 6) is 0.298. The fourth-order valence-electron chi connectivity index (χ4n) is 3.66. The molecule has 1 spiro atoms. The number of H-pyrrole nitrogens is 1. The summed E-state index contributed by atoms with van der Waals surface area (Å²) in [5, 5.41) is 2.89. The molecule has 6 nitrogen and oxygen atoms in total. The number of carbonyl (C=O) groups is 2. The van der Waals surface area contributed by atoms with E-state index >= 15 is 0 Å². The number of hydrogen-bond acceptors (Lipinski definition) is 4. The Labute approximate surface area is 133 Å². The molecule has 3 heterocycles. The largest absolute Gasteiger partial charge is 0.461 e. The number of esters is 1. The third kappa shape index (κ3) is 1.98. The van der Waals surface area contributed by atoms with Gasteiger partial charge in [0, 0.05) is 17.5 Å². The minimum atomic E-state index is -0.579. The molecule has 1 amide bonds. The lowest BCUT2D eigenvalue weighted by Gasteiger charge is -2.31. The molecule has 6 heteroatoms. The van der Waals surface area contributed by atoms with Gasteiger partial charge in [0.15, 0.2) is 0 Å². The highest BCUT2D eigenvalue weighted by Gasteiger charge is 2.49. The number of rotatable bonds is 2. The van der Waals surface area contributed by atoms with E-state index in [1.165, 1.54) is 0 Å². The van der Waals surface area contributed by atoms with Crippen LogP contribution in [0.5, 0.6) is 0 Å². The van der Waals surface area contributed by atoms with Crippen LogP contribution in [0.25, 0.3) is 0 Å². The van der Waals surface area contributed by atoms with E-state index in [0.717, 1.165) is 23.2 Å².